The molecule has 1 aliphatic heterocycles. The summed E-state index contributed by atoms with van der Waals surface area (Å²) in [5.41, 5.74) is 2.98. The van der Waals surface area contributed by atoms with Crippen LogP contribution in [0, 0.1) is 0 Å². The molecule has 0 amide bonds. The number of carbonyl (C=O) groups is 1. The maximum atomic E-state index is 12.9. The predicted molar refractivity (Wildman–Crippen MR) is 122 cm³/mol. The summed E-state index contributed by atoms with van der Waals surface area (Å²) in [6.07, 6.45) is -1.79. The Kier molecular flexibility index (Phi) is 6.64. The molecule has 0 atom stereocenters. The molecule has 164 valence electrons. The van der Waals surface area contributed by atoms with Gasteiger partial charge in [-0.1, -0.05) is 46.3 Å². The summed E-state index contributed by atoms with van der Waals surface area (Å²) < 4.78 is 45.7. The second kappa shape index (κ2) is 9.44. The average molecular weight is 521 g/mol. The van der Waals surface area contributed by atoms with Crippen LogP contribution in [0.3, 0.4) is 0 Å². The van der Waals surface area contributed by atoms with Gasteiger partial charge in [0.15, 0.2) is 0 Å². The first-order valence-corrected chi connectivity index (χ1v) is 11.4. The third-order valence-electron chi connectivity index (χ3n) is 4.91. The highest BCUT2D eigenvalue weighted by molar-refractivity contribution is 9.10. The Bertz CT molecular complexity index is 1200. The quantitative estimate of drug-likeness (QED) is 0.450. The monoisotopic (exact) mass is 520 g/mol. The number of nitrogens with two attached hydrogens (primary N) is 1. The number of benzene rings is 2. The lowest BCUT2D eigenvalue weighted by atomic mass is 9.98. The molecule has 1 aromatic heterocycles. The molecular weight excluding hydrogens is 503 g/mol. The van der Waals surface area contributed by atoms with Gasteiger partial charge in [0.25, 0.3) is 5.78 Å². The van der Waals surface area contributed by atoms with Gasteiger partial charge in [-0.2, -0.15) is 13.2 Å². The van der Waals surface area contributed by atoms with Crippen LogP contribution in [-0.2, 0) is 11.4 Å². The van der Waals surface area contributed by atoms with Gasteiger partial charge in [0, 0.05) is 26.0 Å². The molecular formula is C24H18BrF3NO2S+. The zero-order chi connectivity index (χ0) is 22.7. The number of rotatable bonds is 6. The van der Waals surface area contributed by atoms with Crippen LogP contribution in [0.1, 0.15) is 10.4 Å². The molecule has 8 heteroatoms. The first-order valence-electron chi connectivity index (χ1n) is 9.73. The van der Waals surface area contributed by atoms with E-state index in [-0.39, 0.29) is 12.1 Å². The van der Waals surface area contributed by atoms with Crippen molar-refractivity contribution in [1.82, 2.24) is 0 Å². The van der Waals surface area contributed by atoms with Crippen LogP contribution in [0.2, 0.25) is 0 Å². The number of quaternary nitrogens is 1. The van der Waals surface area contributed by atoms with Crippen molar-refractivity contribution in [1.29, 1.82) is 0 Å². The van der Waals surface area contributed by atoms with Gasteiger partial charge >= 0.3 is 6.18 Å². The largest absolute Gasteiger partial charge is 0.488 e. The van der Waals surface area contributed by atoms with E-state index in [4.69, 9.17) is 4.74 Å². The fourth-order valence-electron chi connectivity index (χ4n) is 3.41. The van der Waals surface area contributed by atoms with Gasteiger partial charge in [-0.3, -0.25) is 4.79 Å². The van der Waals surface area contributed by atoms with E-state index in [1.165, 1.54) is 17.4 Å². The first-order chi connectivity index (χ1) is 15.3. The smallest absolute Gasteiger partial charge is 0.454 e. The fourth-order valence-corrected chi connectivity index (χ4v) is 4.68. The third-order valence-corrected chi connectivity index (χ3v) is 6.37. The molecule has 0 spiro atoms. The number of alkyl halides is 3. The lowest BCUT2D eigenvalue weighted by Gasteiger charge is -2.15. The van der Waals surface area contributed by atoms with E-state index in [0.29, 0.717) is 17.9 Å². The minimum absolute atomic E-state index is 0.0368. The van der Waals surface area contributed by atoms with Crippen LogP contribution in [-0.4, -0.2) is 18.5 Å². The molecule has 32 heavy (non-hydrogen) atoms. The Morgan fingerprint density at radius 2 is 1.88 bits per heavy atom. The molecule has 2 N–H and O–H groups in total. The van der Waals surface area contributed by atoms with Crippen LogP contribution in [0.25, 0.3) is 16.7 Å². The second-order valence-corrected chi connectivity index (χ2v) is 8.97. The summed E-state index contributed by atoms with van der Waals surface area (Å²) in [4.78, 5) is 12.5. The van der Waals surface area contributed by atoms with Crippen molar-refractivity contribution in [3.8, 4) is 16.9 Å². The Morgan fingerprint density at radius 3 is 2.62 bits per heavy atom. The topological polar surface area (TPSA) is 42.9 Å². The van der Waals surface area contributed by atoms with Gasteiger partial charge in [0.05, 0.1) is 5.57 Å². The number of allylic oxidation sites excluding steroid dienone is 2. The van der Waals surface area contributed by atoms with Crippen molar-refractivity contribution in [2.75, 3.05) is 6.54 Å². The maximum absolute atomic E-state index is 12.9. The average Bonchev–Trinajstić information content (AvgIpc) is 3.28. The highest BCUT2D eigenvalue weighted by Gasteiger charge is 2.41. The molecule has 0 fully saturated rings. The van der Waals surface area contributed by atoms with Crippen molar-refractivity contribution in [3.05, 3.63) is 92.7 Å². The number of thiophene rings is 1. The van der Waals surface area contributed by atoms with Gasteiger partial charge in [-0.25, -0.2) is 0 Å². The number of Topliss-reactive ketones (excluding diaryl/α,β-unsaturated/α-hetero) is 1. The van der Waals surface area contributed by atoms with Gasteiger partial charge in [-0.15, -0.1) is 11.3 Å². The Morgan fingerprint density at radius 1 is 1.09 bits per heavy atom. The minimum Gasteiger partial charge on any atom is -0.488 e. The Balaban J connectivity index is 1.68. The molecule has 4 rings (SSSR count). The number of ketones is 1. The van der Waals surface area contributed by atoms with Crippen LogP contribution < -0.4 is 10.1 Å². The van der Waals surface area contributed by atoms with E-state index >= 15 is 0 Å². The molecule has 0 unspecified atom stereocenters. The number of halogens is 4. The second-order valence-electron chi connectivity index (χ2n) is 7.14. The highest BCUT2D eigenvalue weighted by atomic mass is 79.9. The van der Waals surface area contributed by atoms with Gasteiger partial charge < -0.3 is 10.1 Å². The van der Waals surface area contributed by atoms with Crippen molar-refractivity contribution in [2.24, 2.45) is 0 Å². The summed E-state index contributed by atoms with van der Waals surface area (Å²) >= 11 is 4.90. The number of hydrogen-bond acceptors (Lipinski definition) is 3. The lowest BCUT2D eigenvalue weighted by molar-refractivity contribution is -0.579. The molecule has 2 aromatic carbocycles. The molecule has 3 nitrogen and oxygen atoms in total. The van der Waals surface area contributed by atoms with Crippen molar-refractivity contribution < 1.29 is 28.0 Å². The van der Waals surface area contributed by atoms with Crippen LogP contribution >= 0.6 is 27.3 Å². The first kappa shape index (κ1) is 22.5. The molecule has 3 aromatic rings. The SMILES string of the molecule is O=C(C1=CC(c2sccc2-c2cc(Br)ccc2OCc2ccccc2)=C[NH2+]C1)C(F)(F)F. The Hall–Kier alpha value is -2.68. The number of ether oxygens (including phenoxy) is 1. The highest BCUT2D eigenvalue weighted by Crippen LogP contribution is 2.41. The van der Waals surface area contributed by atoms with Crippen LogP contribution in [0.5, 0.6) is 5.75 Å². The summed E-state index contributed by atoms with van der Waals surface area (Å²) in [6, 6.07) is 17.3. The summed E-state index contributed by atoms with van der Waals surface area (Å²) in [7, 11) is 0. The molecule has 0 radical (unpaired) electrons. The zero-order valence-electron chi connectivity index (χ0n) is 16.7. The van der Waals surface area contributed by atoms with Crippen molar-refractivity contribution >= 4 is 38.6 Å². The molecule has 0 saturated carbocycles. The van der Waals surface area contributed by atoms with E-state index < -0.39 is 12.0 Å². The summed E-state index contributed by atoms with van der Waals surface area (Å²) in [5, 5.41) is 3.46. The summed E-state index contributed by atoms with van der Waals surface area (Å²) in [6.45, 7) is 0.348. The van der Waals surface area contributed by atoms with E-state index in [1.54, 1.807) is 11.5 Å². The van der Waals surface area contributed by atoms with Crippen LogP contribution in [0.15, 0.2) is 82.3 Å². The standard InChI is InChI=1S/C24H17BrF3NO2S/c25-18-6-7-21(31-14-15-4-2-1-3-5-15)20(11-18)19-8-9-32-22(19)16-10-17(13-29-12-16)23(30)24(26,27)28/h1-12,29H,13-14H2/p+1. The van der Waals surface area contributed by atoms with Gasteiger partial charge in [0.1, 0.15) is 25.1 Å². The summed E-state index contributed by atoms with van der Waals surface area (Å²) in [5.74, 6) is -1.14. The van der Waals surface area contributed by atoms with Gasteiger partial charge in [-0.05, 0) is 41.3 Å². The molecule has 0 saturated heterocycles. The molecule has 1 aliphatic rings. The van der Waals surface area contributed by atoms with E-state index in [0.717, 1.165) is 26.0 Å². The van der Waals surface area contributed by atoms with E-state index in [1.807, 2.05) is 60.0 Å². The maximum Gasteiger partial charge on any atom is 0.454 e. The molecule has 2 heterocycles. The normalized spacial score (nSPS) is 14.0. The number of hydrogen-bond donors (Lipinski definition) is 1. The van der Waals surface area contributed by atoms with Crippen molar-refractivity contribution in [2.45, 2.75) is 12.8 Å². The minimum atomic E-state index is -4.89. The van der Waals surface area contributed by atoms with Crippen LogP contribution in [0.4, 0.5) is 13.2 Å². The third kappa shape index (κ3) is 5.03. The zero-order valence-corrected chi connectivity index (χ0v) is 19.1. The molecule has 0 bridgehead atoms. The Labute approximate surface area is 195 Å². The lowest BCUT2D eigenvalue weighted by Crippen LogP contribution is -2.80. The van der Waals surface area contributed by atoms with Gasteiger partial charge in [0.2, 0.25) is 0 Å². The fraction of sp³-hybridized carbons (Fsp3) is 0.125. The van der Waals surface area contributed by atoms with Crippen molar-refractivity contribution in [3.63, 3.8) is 0 Å². The van der Waals surface area contributed by atoms with E-state index in [2.05, 4.69) is 15.9 Å². The predicted octanol–water partition coefficient (Wildman–Crippen LogP) is 5.73. The van der Waals surface area contributed by atoms with E-state index in [9.17, 15) is 18.0 Å². The molecule has 0 aliphatic carbocycles. The number of carbonyl (C=O) groups excluding carboxylic acids is 1.